The van der Waals surface area contributed by atoms with E-state index in [9.17, 15) is 12.8 Å². The summed E-state index contributed by atoms with van der Waals surface area (Å²) in [5, 5.41) is 0. The smallest absolute Gasteiger partial charge is 0.243 e. The molecule has 0 unspecified atom stereocenters. The predicted molar refractivity (Wildman–Crippen MR) is 63.4 cm³/mol. The van der Waals surface area contributed by atoms with E-state index in [4.69, 9.17) is 5.73 Å². The molecule has 0 spiro atoms. The second-order valence-electron chi connectivity index (χ2n) is 4.67. The lowest BCUT2D eigenvalue weighted by Crippen LogP contribution is -2.50. The number of hydrogen-bond acceptors (Lipinski definition) is 3. The quantitative estimate of drug-likeness (QED) is 0.809. The van der Waals surface area contributed by atoms with Crippen LogP contribution in [-0.2, 0) is 10.0 Å². The van der Waals surface area contributed by atoms with E-state index in [-0.39, 0.29) is 10.6 Å². The van der Waals surface area contributed by atoms with Crippen molar-refractivity contribution in [1.29, 1.82) is 0 Å². The van der Waals surface area contributed by atoms with E-state index in [1.165, 1.54) is 12.1 Å². The summed E-state index contributed by atoms with van der Waals surface area (Å²) in [4.78, 5) is -0.189. The lowest BCUT2D eigenvalue weighted by atomic mass is 9.80. The molecule has 0 saturated heterocycles. The van der Waals surface area contributed by atoms with Crippen molar-refractivity contribution < 1.29 is 12.8 Å². The van der Waals surface area contributed by atoms with Crippen LogP contribution in [0.15, 0.2) is 23.1 Å². The van der Waals surface area contributed by atoms with Crippen LogP contribution in [0.5, 0.6) is 0 Å². The zero-order valence-corrected chi connectivity index (χ0v) is 10.3. The highest BCUT2D eigenvalue weighted by atomic mass is 32.2. The van der Waals surface area contributed by atoms with Gasteiger partial charge < -0.3 is 5.73 Å². The van der Waals surface area contributed by atoms with E-state index < -0.39 is 21.4 Å². The number of rotatable bonds is 3. The molecular formula is C11H15FN2O2S. The normalized spacial score (nSPS) is 18.7. The van der Waals surface area contributed by atoms with Crippen molar-refractivity contribution in [3.8, 4) is 0 Å². The Bertz CT molecular complexity index is 538. The zero-order valence-electron chi connectivity index (χ0n) is 9.53. The number of benzene rings is 1. The molecule has 1 aromatic carbocycles. The lowest BCUT2D eigenvalue weighted by molar-refractivity contribution is 0.248. The summed E-state index contributed by atoms with van der Waals surface area (Å²) in [7, 11) is -3.75. The van der Waals surface area contributed by atoms with Gasteiger partial charge in [-0.25, -0.2) is 17.5 Å². The largest absolute Gasteiger partial charge is 0.395 e. The molecule has 0 aromatic heterocycles. The molecule has 0 heterocycles. The van der Waals surface area contributed by atoms with Crippen LogP contribution in [0, 0.1) is 5.82 Å². The molecular weight excluding hydrogens is 243 g/mol. The Balaban J connectivity index is 2.35. The van der Waals surface area contributed by atoms with E-state index in [1.807, 2.05) is 6.92 Å². The number of sulfonamides is 1. The van der Waals surface area contributed by atoms with Gasteiger partial charge in [-0.15, -0.1) is 0 Å². The highest BCUT2D eigenvalue weighted by Gasteiger charge is 2.36. The number of halogens is 1. The van der Waals surface area contributed by atoms with Gasteiger partial charge in [-0.3, -0.25) is 0 Å². The summed E-state index contributed by atoms with van der Waals surface area (Å²) in [5.41, 5.74) is 4.70. The van der Waals surface area contributed by atoms with Gasteiger partial charge in [0.15, 0.2) is 0 Å². The SMILES string of the molecule is CC1(NS(=O)(=O)c2cccc(F)c2N)CCC1. The zero-order chi connectivity index (χ0) is 12.7. The monoisotopic (exact) mass is 258 g/mol. The molecule has 0 aliphatic heterocycles. The van der Waals surface area contributed by atoms with Crippen molar-refractivity contribution in [3.63, 3.8) is 0 Å². The van der Waals surface area contributed by atoms with E-state index >= 15 is 0 Å². The molecule has 1 saturated carbocycles. The Morgan fingerprint density at radius 3 is 2.59 bits per heavy atom. The Hall–Kier alpha value is -1.14. The Kier molecular flexibility index (Phi) is 2.87. The predicted octanol–water partition coefficient (Wildman–Crippen LogP) is 1.63. The summed E-state index contributed by atoms with van der Waals surface area (Å²) in [6, 6.07) is 3.78. The first-order chi connectivity index (χ1) is 7.84. The molecule has 1 aliphatic carbocycles. The van der Waals surface area contributed by atoms with Gasteiger partial charge in [0.1, 0.15) is 10.7 Å². The van der Waals surface area contributed by atoms with Crippen LogP contribution in [0.1, 0.15) is 26.2 Å². The van der Waals surface area contributed by atoms with Gasteiger partial charge >= 0.3 is 0 Å². The topological polar surface area (TPSA) is 72.2 Å². The van der Waals surface area contributed by atoms with Crippen LogP contribution in [0.4, 0.5) is 10.1 Å². The first kappa shape index (κ1) is 12.3. The molecule has 6 heteroatoms. The molecule has 2 rings (SSSR count). The van der Waals surface area contributed by atoms with E-state index in [2.05, 4.69) is 4.72 Å². The second kappa shape index (κ2) is 3.96. The van der Waals surface area contributed by atoms with Gasteiger partial charge in [0, 0.05) is 5.54 Å². The molecule has 1 aliphatic rings. The fourth-order valence-electron chi connectivity index (χ4n) is 1.94. The maximum Gasteiger partial charge on any atom is 0.243 e. The van der Waals surface area contributed by atoms with E-state index in [0.717, 1.165) is 25.3 Å². The summed E-state index contributed by atoms with van der Waals surface area (Å²) >= 11 is 0. The molecule has 1 fully saturated rings. The van der Waals surface area contributed by atoms with Gasteiger partial charge in [-0.1, -0.05) is 6.07 Å². The van der Waals surface area contributed by atoms with Crippen molar-refractivity contribution in [2.75, 3.05) is 5.73 Å². The molecule has 1 aromatic rings. The van der Waals surface area contributed by atoms with Crippen LogP contribution in [0.3, 0.4) is 0 Å². The Labute approximate surface area is 100 Å². The van der Waals surface area contributed by atoms with Gasteiger partial charge in [0.25, 0.3) is 0 Å². The third-order valence-electron chi connectivity index (χ3n) is 3.14. The van der Waals surface area contributed by atoms with Crippen LogP contribution in [0.2, 0.25) is 0 Å². The highest BCUT2D eigenvalue weighted by molar-refractivity contribution is 7.89. The molecule has 17 heavy (non-hydrogen) atoms. The van der Waals surface area contributed by atoms with Crippen LogP contribution >= 0.6 is 0 Å². The van der Waals surface area contributed by atoms with Gasteiger partial charge in [0.05, 0.1) is 5.69 Å². The fourth-order valence-corrected chi connectivity index (χ4v) is 3.55. The number of para-hydroxylation sites is 1. The molecule has 4 nitrogen and oxygen atoms in total. The average molecular weight is 258 g/mol. The second-order valence-corrected chi connectivity index (χ2v) is 6.32. The number of nitrogen functional groups attached to an aromatic ring is 1. The highest BCUT2D eigenvalue weighted by Crippen LogP contribution is 2.33. The third-order valence-corrected chi connectivity index (χ3v) is 4.84. The number of hydrogen-bond donors (Lipinski definition) is 2. The van der Waals surface area contributed by atoms with E-state index in [0.29, 0.717) is 0 Å². The fraction of sp³-hybridized carbons (Fsp3) is 0.455. The molecule has 0 radical (unpaired) electrons. The van der Waals surface area contributed by atoms with Crippen molar-refractivity contribution >= 4 is 15.7 Å². The number of nitrogens with two attached hydrogens (primary N) is 1. The van der Waals surface area contributed by atoms with Crippen molar-refractivity contribution in [3.05, 3.63) is 24.0 Å². The van der Waals surface area contributed by atoms with Gasteiger partial charge in [-0.2, -0.15) is 0 Å². The van der Waals surface area contributed by atoms with Crippen LogP contribution < -0.4 is 10.5 Å². The summed E-state index contributed by atoms with van der Waals surface area (Å²) in [5.74, 6) is -0.716. The van der Waals surface area contributed by atoms with Crippen molar-refractivity contribution in [2.24, 2.45) is 0 Å². The lowest BCUT2D eigenvalue weighted by Gasteiger charge is -2.38. The maximum atomic E-state index is 13.2. The summed E-state index contributed by atoms with van der Waals surface area (Å²) < 4.78 is 39.9. The molecule has 94 valence electrons. The number of anilines is 1. The first-order valence-electron chi connectivity index (χ1n) is 5.42. The van der Waals surface area contributed by atoms with Gasteiger partial charge in [-0.05, 0) is 38.3 Å². The van der Waals surface area contributed by atoms with Crippen LogP contribution in [-0.4, -0.2) is 14.0 Å². The standard InChI is InChI=1S/C11H15FN2O2S/c1-11(6-3-7-11)14-17(15,16)9-5-2-4-8(12)10(9)13/h2,4-5,14H,3,6-7,13H2,1H3. The summed E-state index contributed by atoms with van der Waals surface area (Å²) in [6.45, 7) is 1.84. The average Bonchev–Trinajstić information content (AvgIpc) is 2.19. The minimum atomic E-state index is -3.75. The molecule has 0 amide bonds. The minimum Gasteiger partial charge on any atom is -0.395 e. The maximum absolute atomic E-state index is 13.2. The molecule has 0 bridgehead atoms. The van der Waals surface area contributed by atoms with E-state index in [1.54, 1.807) is 0 Å². The van der Waals surface area contributed by atoms with Gasteiger partial charge in [0.2, 0.25) is 10.0 Å². The van der Waals surface area contributed by atoms with Crippen molar-refractivity contribution in [2.45, 2.75) is 36.6 Å². The number of nitrogens with one attached hydrogen (secondary N) is 1. The molecule has 0 atom stereocenters. The Morgan fingerprint density at radius 2 is 2.06 bits per heavy atom. The minimum absolute atomic E-state index is 0.189. The Morgan fingerprint density at radius 1 is 1.41 bits per heavy atom. The summed E-state index contributed by atoms with van der Waals surface area (Å²) in [6.07, 6.45) is 2.58. The van der Waals surface area contributed by atoms with Crippen molar-refractivity contribution in [1.82, 2.24) is 4.72 Å². The third kappa shape index (κ3) is 2.28. The first-order valence-corrected chi connectivity index (χ1v) is 6.90. The molecule has 3 N–H and O–H groups in total. The van der Waals surface area contributed by atoms with Crippen LogP contribution in [0.25, 0.3) is 0 Å².